The maximum atomic E-state index is 11.9. The summed E-state index contributed by atoms with van der Waals surface area (Å²) in [5, 5.41) is 7.21. The van der Waals surface area contributed by atoms with E-state index in [-0.39, 0.29) is 5.91 Å². The van der Waals surface area contributed by atoms with E-state index in [0.29, 0.717) is 23.2 Å². The fourth-order valence-corrected chi connectivity index (χ4v) is 3.23. The van der Waals surface area contributed by atoms with Gasteiger partial charge in [0.25, 0.3) is 5.91 Å². The standard InChI is InChI=1S/C14H22N4OS/c1-3-6-16-14(19)13-11(15)9-12(20-13)17-10-4-7-18(2)8-5-10/h3,9-10,17H,1,4-8,15H2,2H3,(H,16,19). The van der Waals surface area contributed by atoms with Gasteiger partial charge in [-0.25, -0.2) is 0 Å². The maximum Gasteiger partial charge on any atom is 0.263 e. The highest BCUT2D eigenvalue weighted by Gasteiger charge is 2.19. The molecule has 2 rings (SSSR count). The van der Waals surface area contributed by atoms with Crippen molar-refractivity contribution >= 4 is 27.9 Å². The second-order valence-electron chi connectivity index (χ2n) is 5.12. The number of nitrogens with two attached hydrogens (primary N) is 1. The van der Waals surface area contributed by atoms with Gasteiger partial charge in [0.05, 0.1) is 10.7 Å². The zero-order valence-electron chi connectivity index (χ0n) is 11.8. The Hall–Kier alpha value is -1.53. The van der Waals surface area contributed by atoms with E-state index in [4.69, 9.17) is 5.73 Å². The first-order valence-corrected chi connectivity index (χ1v) is 7.65. The molecule has 1 saturated heterocycles. The zero-order valence-corrected chi connectivity index (χ0v) is 12.6. The zero-order chi connectivity index (χ0) is 14.5. The molecule has 110 valence electrons. The second kappa shape index (κ2) is 6.76. The molecule has 2 heterocycles. The van der Waals surface area contributed by atoms with E-state index >= 15 is 0 Å². The van der Waals surface area contributed by atoms with Crippen molar-refractivity contribution in [2.45, 2.75) is 18.9 Å². The monoisotopic (exact) mass is 294 g/mol. The van der Waals surface area contributed by atoms with Crippen LogP contribution in [0.1, 0.15) is 22.5 Å². The second-order valence-corrected chi connectivity index (χ2v) is 6.17. The fraction of sp³-hybridized carbons (Fsp3) is 0.500. The summed E-state index contributed by atoms with van der Waals surface area (Å²) in [5.41, 5.74) is 6.45. The number of likely N-dealkylation sites (tertiary alicyclic amines) is 1. The van der Waals surface area contributed by atoms with Crippen molar-refractivity contribution in [3.05, 3.63) is 23.6 Å². The normalized spacial score (nSPS) is 16.9. The van der Waals surface area contributed by atoms with E-state index in [9.17, 15) is 4.79 Å². The molecular formula is C14H22N4OS. The lowest BCUT2D eigenvalue weighted by Gasteiger charge is -2.29. The lowest BCUT2D eigenvalue weighted by molar-refractivity contribution is 0.0963. The topological polar surface area (TPSA) is 70.4 Å². The number of hydrogen-bond acceptors (Lipinski definition) is 5. The van der Waals surface area contributed by atoms with Crippen LogP contribution in [0, 0.1) is 0 Å². The van der Waals surface area contributed by atoms with Crippen molar-refractivity contribution in [3.8, 4) is 0 Å². The molecule has 1 aromatic heterocycles. The Bertz CT molecular complexity index is 478. The Balaban J connectivity index is 1.96. The van der Waals surface area contributed by atoms with Gasteiger partial charge in [0.1, 0.15) is 4.88 Å². The Labute approximate surface area is 123 Å². The number of thiophene rings is 1. The largest absolute Gasteiger partial charge is 0.397 e. The van der Waals surface area contributed by atoms with Gasteiger partial charge in [-0.05, 0) is 39.0 Å². The van der Waals surface area contributed by atoms with Crippen LogP contribution in [0.15, 0.2) is 18.7 Å². The molecule has 5 nitrogen and oxygen atoms in total. The molecule has 0 spiro atoms. The minimum absolute atomic E-state index is 0.135. The molecule has 1 fully saturated rings. The van der Waals surface area contributed by atoms with Crippen LogP contribution in [0.2, 0.25) is 0 Å². The molecule has 1 amide bonds. The average molecular weight is 294 g/mol. The van der Waals surface area contributed by atoms with Crippen LogP contribution in [-0.4, -0.2) is 43.5 Å². The molecule has 0 aromatic carbocycles. The van der Waals surface area contributed by atoms with Crippen LogP contribution < -0.4 is 16.4 Å². The third-order valence-electron chi connectivity index (χ3n) is 3.44. The highest BCUT2D eigenvalue weighted by Crippen LogP contribution is 2.30. The fourth-order valence-electron chi connectivity index (χ4n) is 2.25. The third-order valence-corrected chi connectivity index (χ3v) is 4.52. The number of nitrogens with one attached hydrogen (secondary N) is 2. The van der Waals surface area contributed by atoms with Gasteiger partial charge in [-0.3, -0.25) is 4.79 Å². The van der Waals surface area contributed by atoms with Crippen LogP contribution >= 0.6 is 11.3 Å². The molecule has 0 atom stereocenters. The molecule has 6 heteroatoms. The number of nitrogen functional groups attached to an aromatic ring is 1. The smallest absolute Gasteiger partial charge is 0.263 e. The van der Waals surface area contributed by atoms with E-state index in [1.807, 2.05) is 6.07 Å². The number of nitrogens with zero attached hydrogens (tertiary/aromatic N) is 1. The molecule has 1 aliphatic heterocycles. The predicted octanol–water partition coefficient (Wildman–Crippen LogP) is 1.75. The molecular weight excluding hydrogens is 272 g/mol. The molecule has 0 bridgehead atoms. The lowest BCUT2D eigenvalue weighted by Crippen LogP contribution is -2.36. The van der Waals surface area contributed by atoms with Crippen LogP contribution in [0.25, 0.3) is 0 Å². The summed E-state index contributed by atoms with van der Waals surface area (Å²) in [5.74, 6) is -0.135. The predicted molar refractivity (Wildman–Crippen MR) is 85.4 cm³/mol. The summed E-state index contributed by atoms with van der Waals surface area (Å²) in [6.07, 6.45) is 3.89. The van der Waals surface area contributed by atoms with Crippen molar-refractivity contribution in [2.75, 3.05) is 37.7 Å². The Kier molecular flexibility index (Phi) is 5.03. The number of carbonyl (C=O) groups is 1. The number of piperidine rings is 1. The van der Waals surface area contributed by atoms with Gasteiger partial charge in [0.2, 0.25) is 0 Å². The van der Waals surface area contributed by atoms with Gasteiger partial charge in [-0.15, -0.1) is 17.9 Å². The van der Waals surface area contributed by atoms with E-state index in [0.717, 1.165) is 30.9 Å². The Morgan fingerprint density at radius 2 is 2.30 bits per heavy atom. The van der Waals surface area contributed by atoms with Crippen LogP contribution in [0.5, 0.6) is 0 Å². The van der Waals surface area contributed by atoms with Gasteiger partial charge in [-0.2, -0.15) is 0 Å². The van der Waals surface area contributed by atoms with Crippen LogP contribution in [0.3, 0.4) is 0 Å². The lowest BCUT2D eigenvalue weighted by atomic mass is 10.1. The van der Waals surface area contributed by atoms with Crippen molar-refractivity contribution in [1.29, 1.82) is 0 Å². The van der Waals surface area contributed by atoms with Crippen molar-refractivity contribution in [1.82, 2.24) is 10.2 Å². The SMILES string of the molecule is C=CCNC(=O)c1sc(NC2CCN(C)CC2)cc1N. The summed E-state index contributed by atoms with van der Waals surface area (Å²) in [6, 6.07) is 2.32. The minimum Gasteiger partial charge on any atom is -0.397 e. The molecule has 0 saturated carbocycles. The van der Waals surface area contributed by atoms with Gasteiger partial charge >= 0.3 is 0 Å². The van der Waals surface area contributed by atoms with Gasteiger partial charge < -0.3 is 21.3 Å². The number of rotatable bonds is 5. The number of amides is 1. The molecule has 0 aliphatic carbocycles. The van der Waals surface area contributed by atoms with Gasteiger partial charge in [0, 0.05) is 12.6 Å². The summed E-state index contributed by atoms with van der Waals surface area (Å²) >= 11 is 1.42. The number of anilines is 2. The molecule has 0 unspecified atom stereocenters. The third kappa shape index (κ3) is 3.74. The minimum atomic E-state index is -0.135. The summed E-state index contributed by atoms with van der Waals surface area (Å²) in [6.45, 7) is 6.24. The molecule has 1 aliphatic rings. The molecule has 20 heavy (non-hydrogen) atoms. The van der Waals surface area contributed by atoms with Crippen molar-refractivity contribution in [2.24, 2.45) is 0 Å². The van der Waals surface area contributed by atoms with Crippen molar-refractivity contribution < 1.29 is 4.79 Å². The summed E-state index contributed by atoms with van der Waals surface area (Å²) in [4.78, 5) is 14.8. The van der Waals surface area contributed by atoms with Crippen LogP contribution in [-0.2, 0) is 0 Å². The molecule has 0 radical (unpaired) electrons. The Morgan fingerprint density at radius 3 is 2.95 bits per heavy atom. The average Bonchev–Trinajstić information content (AvgIpc) is 2.79. The van der Waals surface area contributed by atoms with E-state index in [1.165, 1.54) is 11.3 Å². The van der Waals surface area contributed by atoms with Crippen molar-refractivity contribution in [3.63, 3.8) is 0 Å². The first kappa shape index (κ1) is 14.9. The summed E-state index contributed by atoms with van der Waals surface area (Å²) in [7, 11) is 2.14. The van der Waals surface area contributed by atoms with E-state index in [1.54, 1.807) is 6.08 Å². The van der Waals surface area contributed by atoms with E-state index in [2.05, 4.69) is 29.2 Å². The summed E-state index contributed by atoms with van der Waals surface area (Å²) < 4.78 is 0. The molecule has 4 N–H and O–H groups in total. The quantitative estimate of drug-likeness (QED) is 0.724. The number of hydrogen-bond donors (Lipinski definition) is 3. The van der Waals surface area contributed by atoms with Gasteiger partial charge in [0.15, 0.2) is 0 Å². The molecule has 1 aromatic rings. The maximum absolute atomic E-state index is 11.9. The highest BCUT2D eigenvalue weighted by atomic mass is 32.1. The highest BCUT2D eigenvalue weighted by molar-refractivity contribution is 7.18. The first-order valence-electron chi connectivity index (χ1n) is 6.83. The first-order chi connectivity index (χ1) is 9.60. The van der Waals surface area contributed by atoms with Crippen LogP contribution in [0.4, 0.5) is 10.7 Å². The number of carbonyl (C=O) groups excluding carboxylic acids is 1. The van der Waals surface area contributed by atoms with Gasteiger partial charge in [-0.1, -0.05) is 6.08 Å². The Morgan fingerprint density at radius 1 is 1.60 bits per heavy atom. The van der Waals surface area contributed by atoms with E-state index < -0.39 is 0 Å².